The molecule has 0 atom stereocenters. The fourth-order valence-corrected chi connectivity index (χ4v) is 4.07. The highest BCUT2D eigenvalue weighted by molar-refractivity contribution is 7.99. The molecular weight excluding hydrogens is 344 g/mol. The van der Waals surface area contributed by atoms with E-state index in [4.69, 9.17) is 5.73 Å². The van der Waals surface area contributed by atoms with E-state index < -0.39 is 0 Å². The average Bonchev–Trinajstić information content (AvgIpc) is 3.08. The van der Waals surface area contributed by atoms with Gasteiger partial charge in [0.2, 0.25) is 5.16 Å². The van der Waals surface area contributed by atoms with Crippen LogP contribution in [0.1, 0.15) is 16.3 Å². The van der Waals surface area contributed by atoms with Crippen molar-refractivity contribution in [2.75, 3.05) is 24.2 Å². The number of aromatic nitrogens is 6. The van der Waals surface area contributed by atoms with E-state index in [1.165, 1.54) is 10.4 Å². The molecule has 10 heteroatoms. The van der Waals surface area contributed by atoms with Gasteiger partial charge in [0.05, 0.1) is 5.39 Å². The van der Waals surface area contributed by atoms with E-state index in [1.807, 2.05) is 7.05 Å². The third-order valence-electron chi connectivity index (χ3n) is 3.65. The number of nitrogens with two attached hydrogens (primary N) is 1. The number of thioether (sulfide) groups is 1. The molecule has 0 radical (unpaired) electrons. The van der Waals surface area contributed by atoms with E-state index in [0.29, 0.717) is 13.0 Å². The Kier molecular flexibility index (Phi) is 5.27. The molecule has 128 valence electrons. The molecule has 8 nitrogen and oxygen atoms in total. The Morgan fingerprint density at radius 1 is 1.29 bits per heavy atom. The number of thiophene rings is 1. The van der Waals surface area contributed by atoms with Crippen LogP contribution in [0, 0.1) is 13.8 Å². The van der Waals surface area contributed by atoms with Gasteiger partial charge in [-0.2, -0.15) is 0 Å². The second-order valence-electron chi connectivity index (χ2n) is 5.35. The maximum Gasteiger partial charge on any atom is 0.209 e. The van der Waals surface area contributed by atoms with E-state index in [-0.39, 0.29) is 0 Å². The van der Waals surface area contributed by atoms with Crippen molar-refractivity contribution in [3.63, 3.8) is 0 Å². The monoisotopic (exact) mass is 364 g/mol. The summed E-state index contributed by atoms with van der Waals surface area (Å²) in [7, 11) is 1.83. The zero-order valence-electron chi connectivity index (χ0n) is 13.9. The number of rotatable bonds is 7. The normalized spacial score (nSPS) is 11.3. The quantitative estimate of drug-likeness (QED) is 0.480. The molecule has 3 aromatic rings. The lowest BCUT2D eigenvalue weighted by Gasteiger charge is -2.09. The molecule has 0 amide bonds. The number of fused-ring (bicyclic) bond motifs is 1. The maximum absolute atomic E-state index is 5.66. The summed E-state index contributed by atoms with van der Waals surface area (Å²) >= 11 is 3.31. The van der Waals surface area contributed by atoms with Crippen LogP contribution in [0.25, 0.3) is 10.2 Å². The molecule has 0 spiro atoms. The molecule has 0 aliphatic carbocycles. The van der Waals surface area contributed by atoms with Gasteiger partial charge in [-0.15, -0.1) is 16.4 Å². The number of anilines is 1. The Bertz CT molecular complexity index is 841. The Morgan fingerprint density at radius 3 is 2.83 bits per heavy atom. The van der Waals surface area contributed by atoms with Crippen molar-refractivity contribution >= 4 is 39.1 Å². The second kappa shape index (κ2) is 7.41. The summed E-state index contributed by atoms with van der Waals surface area (Å²) in [5.41, 5.74) is 6.90. The zero-order valence-corrected chi connectivity index (χ0v) is 15.5. The largest absolute Gasteiger partial charge is 0.369 e. The Morgan fingerprint density at radius 2 is 2.12 bits per heavy atom. The minimum absolute atomic E-state index is 0.545. The summed E-state index contributed by atoms with van der Waals surface area (Å²) < 4.78 is 1.67. The fourth-order valence-electron chi connectivity index (χ4n) is 2.32. The lowest BCUT2D eigenvalue weighted by Crippen LogP contribution is -2.11. The van der Waals surface area contributed by atoms with E-state index in [0.717, 1.165) is 39.3 Å². The van der Waals surface area contributed by atoms with Crippen molar-refractivity contribution < 1.29 is 0 Å². The van der Waals surface area contributed by atoms with Crippen LogP contribution in [0.5, 0.6) is 0 Å². The van der Waals surface area contributed by atoms with Crippen molar-refractivity contribution in [1.29, 1.82) is 0 Å². The van der Waals surface area contributed by atoms with Gasteiger partial charge in [-0.05, 0) is 36.4 Å². The molecule has 0 fully saturated rings. The van der Waals surface area contributed by atoms with Gasteiger partial charge in [0, 0.05) is 30.6 Å². The minimum atomic E-state index is 0.545. The Hall–Kier alpha value is -1.78. The van der Waals surface area contributed by atoms with Gasteiger partial charge in [0.15, 0.2) is 0 Å². The molecule has 0 bridgehead atoms. The molecule has 3 heterocycles. The van der Waals surface area contributed by atoms with Crippen molar-refractivity contribution in [2.24, 2.45) is 12.8 Å². The smallest absolute Gasteiger partial charge is 0.209 e. The van der Waals surface area contributed by atoms with Crippen LogP contribution in [-0.2, 0) is 13.5 Å². The molecular formula is C14H20N8S2. The summed E-state index contributed by atoms with van der Waals surface area (Å²) in [5.74, 6) is 2.52. The molecule has 0 saturated carbocycles. The Labute approximate surface area is 148 Å². The zero-order chi connectivity index (χ0) is 17.1. The first-order valence-corrected chi connectivity index (χ1v) is 9.46. The maximum atomic E-state index is 5.66. The van der Waals surface area contributed by atoms with Crippen LogP contribution < -0.4 is 11.1 Å². The van der Waals surface area contributed by atoms with Crippen LogP contribution in [0.2, 0.25) is 0 Å². The lowest BCUT2D eigenvalue weighted by atomic mass is 10.2. The predicted molar refractivity (Wildman–Crippen MR) is 97.7 cm³/mol. The number of nitrogens with zero attached hydrogens (tertiary/aromatic N) is 6. The molecule has 24 heavy (non-hydrogen) atoms. The third-order valence-corrected chi connectivity index (χ3v) is 5.76. The summed E-state index contributed by atoms with van der Waals surface area (Å²) in [6, 6.07) is 0. The molecule has 0 aliphatic rings. The fraction of sp³-hybridized carbons (Fsp3) is 0.500. The highest BCUT2D eigenvalue weighted by atomic mass is 32.2. The SMILES string of the molecule is Cc1sc2nc(CCN)nc(NCCSc3nnnn3C)c2c1C. The standard InChI is InChI=1S/C14H20N8S2/c1-8-9(2)24-13-11(8)12(17-10(18-13)4-5-15)16-6-7-23-14-19-20-21-22(14)3/h4-7,15H2,1-3H3,(H,16,17,18). The van der Waals surface area contributed by atoms with Crippen LogP contribution in [-0.4, -0.2) is 49.0 Å². The Balaban J connectivity index is 1.75. The molecule has 3 N–H and O–H groups in total. The van der Waals surface area contributed by atoms with Crippen molar-refractivity contribution in [3.8, 4) is 0 Å². The number of aryl methyl sites for hydroxylation is 3. The molecule has 3 rings (SSSR count). The van der Waals surface area contributed by atoms with E-state index in [2.05, 4.69) is 44.7 Å². The van der Waals surface area contributed by atoms with E-state index in [9.17, 15) is 0 Å². The van der Waals surface area contributed by atoms with Crippen molar-refractivity contribution in [3.05, 3.63) is 16.3 Å². The van der Waals surface area contributed by atoms with Gasteiger partial charge in [-0.1, -0.05) is 11.8 Å². The summed E-state index contributed by atoms with van der Waals surface area (Å²) in [6.45, 7) is 5.54. The number of tetrazole rings is 1. The topological polar surface area (TPSA) is 107 Å². The first kappa shape index (κ1) is 17.1. The highest BCUT2D eigenvalue weighted by Crippen LogP contribution is 2.33. The van der Waals surface area contributed by atoms with Crippen LogP contribution in [0.4, 0.5) is 5.82 Å². The van der Waals surface area contributed by atoms with E-state index >= 15 is 0 Å². The second-order valence-corrected chi connectivity index (χ2v) is 7.62. The molecule has 0 aliphatic heterocycles. The highest BCUT2D eigenvalue weighted by Gasteiger charge is 2.14. The first-order valence-electron chi connectivity index (χ1n) is 7.66. The van der Waals surface area contributed by atoms with E-state index in [1.54, 1.807) is 27.8 Å². The minimum Gasteiger partial charge on any atom is -0.369 e. The summed E-state index contributed by atoms with van der Waals surface area (Å²) in [4.78, 5) is 11.6. The number of hydrogen-bond acceptors (Lipinski definition) is 9. The average molecular weight is 365 g/mol. The molecule has 0 unspecified atom stereocenters. The number of hydrogen-bond donors (Lipinski definition) is 2. The summed E-state index contributed by atoms with van der Waals surface area (Å²) in [5, 5.41) is 16.8. The summed E-state index contributed by atoms with van der Waals surface area (Å²) in [6.07, 6.45) is 0.681. The predicted octanol–water partition coefficient (Wildman–Crippen LogP) is 1.54. The first-order chi connectivity index (χ1) is 11.6. The van der Waals surface area contributed by atoms with Crippen LogP contribution in [0.15, 0.2) is 5.16 Å². The van der Waals surface area contributed by atoms with Crippen LogP contribution in [0.3, 0.4) is 0 Å². The van der Waals surface area contributed by atoms with Gasteiger partial charge in [-0.25, -0.2) is 14.6 Å². The van der Waals surface area contributed by atoms with Crippen LogP contribution >= 0.6 is 23.1 Å². The van der Waals surface area contributed by atoms with Gasteiger partial charge in [0.1, 0.15) is 16.5 Å². The van der Waals surface area contributed by atoms with Gasteiger partial charge in [-0.3, -0.25) is 0 Å². The van der Waals surface area contributed by atoms with Crippen molar-refractivity contribution in [2.45, 2.75) is 25.4 Å². The molecule has 0 aromatic carbocycles. The lowest BCUT2D eigenvalue weighted by molar-refractivity contribution is 0.664. The molecule has 3 aromatic heterocycles. The molecule has 0 saturated heterocycles. The van der Waals surface area contributed by atoms with Gasteiger partial charge < -0.3 is 11.1 Å². The van der Waals surface area contributed by atoms with Gasteiger partial charge >= 0.3 is 0 Å². The third kappa shape index (κ3) is 3.50. The van der Waals surface area contributed by atoms with Crippen molar-refractivity contribution in [1.82, 2.24) is 30.2 Å². The van der Waals surface area contributed by atoms with Gasteiger partial charge in [0.25, 0.3) is 0 Å². The number of nitrogens with one attached hydrogen (secondary N) is 1.